The molecule has 0 aliphatic heterocycles. The van der Waals surface area contributed by atoms with E-state index in [9.17, 15) is 0 Å². The predicted molar refractivity (Wildman–Crippen MR) is 72.6 cm³/mol. The van der Waals surface area contributed by atoms with E-state index in [2.05, 4.69) is 51.5 Å². The third-order valence-corrected chi connectivity index (χ3v) is 3.46. The van der Waals surface area contributed by atoms with Crippen LogP contribution in [0.1, 0.15) is 24.1 Å². The molecule has 1 aromatic carbocycles. The van der Waals surface area contributed by atoms with Crippen LogP contribution in [-0.4, -0.2) is 9.78 Å². The van der Waals surface area contributed by atoms with Gasteiger partial charge in [-0.15, -0.1) is 0 Å². The van der Waals surface area contributed by atoms with Crippen molar-refractivity contribution in [2.75, 3.05) is 0 Å². The average Bonchev–Trinajstić information content (AvgIpc) is 2.73. The highest BCUT2D eigenvalue weighted by molar-refractivity contribution is 9.10. The quantitative estimate of drug-likeness (QED) is 0.939. The van der Waals surface area contributed by atoms with Gasteiger partial charge in [0.25, 0.3) is 0 Å². The maximum absolute atomic E-state index is 4.15. The molecule has 0 aliphatic rings. The van der Waals surface area contributed by atoms with Gasteiger partial charge < -0.3 is 5.32 Å². The molecule has 2 aromatic rings. The van der Waals surface area contributed by atoms with Crippen LogP contribution in [0.5, 0.6) is 0 Å². The lowest BCUT2D eigenvalue weighted by atomic mass is 10.1. The van der Waals surface area contributed by atoms with Gasteiger partial charge in [0.1, 0.15) is 0 Å². The van der Waals surface area contributed by atoms with Crippen LogP contribution in [0.25, 0.3) is 0 Å². The fourth-order valence-corrected chi connectivity index (χ4v) is 2.40. The van der Waals surface area contributed by atoms with E-state index in [0.29, 0.717) is 6.04 Å². The van der Waals surface area contributed by atoms with Gasteiger partial charge in [-0.05, 0) is 18.6 Å². The first-order valence-corrected chi connectivity index (χ1v) is 6.41. The summed E-state index contributed by atoms with van der Waals surface area (Å²) in [7, 11) is 1.93. The molecule has 0 saturated heterocycles. The SMILES string of the molecule is C[C@H](NCc1cnn(C)c1)c1ccccc1Br. The summed E-state index contributed by atoms with van der Waals surface area (Å²) in [6.45, 7) is 2.99. The Bertz CT molecular complexity index is 493. The normalized spacial score (nSPS) is 12.6. The molecule has 90 valence electrons. The number of halogens is 1. The minimum Gasteiger partial charge on any atom is -0.306 e. The van der Waals surface area contributed by atoms with Gasteiger partial charge in [-0.3, -0.25) is 4.68 Å². The van der Waals surface area contributed by atoms with Gasteiger partial charge in [-0.25, -0.2) is 0 Å². The summed E-state index contributed by atoms with van der Waals surface area (Å²) in [6, 6.07) is 8.59. The second kappa shape index (κ2) is 5.47. The van der Waals surface area contributed by atoms with Crippen LogP contribution in [0, 0.1) is 0 Å². The van der Waals surface area contributed by atoms with E-state index >= 15 is 0 Å². The summed E-state index contributed by atoms with van der Waals surface area (Å²) in [4.78, 5) is 0. The Kier molecular flexibility index (Phi) is 3.97. The van der Waals surface area contributed by atoms with Gasteiger partial charge in [0.2, 0.25) is 0 Å². The Morgan fingerprint density at radius 1 is 1.41 bits per heavy atom. The fraction of sp³-hybridized carbons (Fsp3) is 0.308. The van der Waals surface area contributed by atoms with Crippen molar-refractivity contribution < 1.29 is 0 Å². The highest BCUT2D eigenvalue weighted by Gasteiger charge is 2.08. The summed E-state index contributed by atoms with van der Waals surface area (Å²) >= 11 is 3.57. The van der Waals surface area contributed by atoms with Crippen LogP contribution in [0.15, 0.2) is 41.1 Å². The zero-order valence-corrected chi connectivity index (χ0v) is 11.6. The van der Waals surface area contributed by atoms with Crippen molar-refractivity contribution in [1.82, 2.24) is 15.1 Å². The molecular formula is C13H16BrN3. The molecule has 0 amide bonds. The molecule has 0 radical (unpaired) electrons. The van der Waals surface area contributed by atoms with E-state index in [1.54, 1.807) is 0 Å². The monoisotopic (exact) mass is 293 g/mol. The van der Waals surface area contributed by atoms with Crippen LogP contribution >= 0.6 is 15.9 Å². The molecule has 3 nitrogen and oxygen atoms in total. The Hall–Kier alpha value is -1.13. The lowest BCUT2D eigenvalue weighted by Crippen LogP contribution is -2.18. The van der Waals surface area contributed by atoms with E-state index in [4.69, 9.17) is 0 Å². The molecule has 2 rings (SSSR count). The van der Waals surface area contributed by atoms with Crippen molar-refractivity contribution >= 4 is 15.9 Å². The second-order valence-electron chi connectivity index (χ2n) is 4.15. The first-order valence-electron chi connectivity index (χ1n) is 5.62. The van der Waals surface area contributed by atoms with Crippen LogP contribution in [0.2, 0.25) is 0 Å². The van der Waals surface area contributed by atoms with Gasteiger partial charge in [0.05, 0.1) is 6.20 Å². The molecule has 17 heavy (non-hydrogen) atoms. The van der Waals surface area contributed by atoms with E-state index in [0.717, 1.165) is 11.0 Å². The first kappa shape index (κ1) is 12.3. The van der Waals surface area contributed by atoms with Gasteiger partial charge in [-0.1, -0.05) is 34.1 Å². The number of benzene rings is 1. The first-order chi connectivity index (χ1) is 8.16. The maximum Gasteiger partial charge on any atom is 0.0534 e. The number of nitrogens with zero attached hydrogens (tertiary/aromatic N) is 2. The minimum absolute atomic E-state index is 0.311. The van der Waals surface area contributed by atoms with Crippen molar-refractivity contribution in [3.05, 3.63) is 52.3 Å². The van der Waals surface area contributed by atoms with Crippen LogP contribution in [0.4, 0.5) is 0 Å². The molecule has 1 N–H and O–H groups in total. The molecule has 0 saturated carbocycles. The zero-order chi connectivity index (χ0) is 12.3. The number of hydrogen-bond donors (Lipinski definition) is 1. The molecule has 4 heteroatoms. The summed E-state index contributed by atoms with van der Waals surface area (Å²) in [5, 5.41) is 7.64. The lowest BCUT2D eigenvalue weighted by molar-refractivity contribution is 0.572. The molecular weight excluding hydrogens is 278 g/mol. The van der Waals surface area contributed by atoms with Crippen molar-refractivity contribution in [2.45, 2.75) is 19.5 Å². The average molecular weight is 294 g/mol. The smallest absolute Gasteiger partial charge is 0.0534 e. The van der Waals surface area contributed by atoms with Crippen molar-refractivity contribution in [2.24, 2.45) is 7.05 Å². The molecule has 0 spiro atoms. The summed E-state index contributed by atoms with van der Waals surface area (Å²) < 4.78 is 2.96. The summed E-state index contributed by atoms with van der Waals surface area (Å²) in [5.74, 6) is 0. The Morgan fingerprint density at radius 3 is 2.82 bits per heavy atom. The van der Waals surface area contributed by atoms with E-state index in [-0.39, 0.29) is 0 Å². The van der Waals surface area contributed by atoms with Crippen molar-refractivity contribution in [1.29, 1.82) is 0 Å². The molecule has 1 atom stereocenters. The summed E-state index contributed by atoms with van der Waals surface area (Å²) in [5.41, 5.74) is 2.47. The molecule has 1 aromatic heterocycles. The number of aryl methyl sites for hydroxylation is 1. The fourth-order valence-electron chi connectivity index (χ4n) is 1.77. The lowest BCUT2D eigenvalue weighted by Gasteiger charge is -2.15. The number of nitrogens with one attached hydrogen (secondary N) is 1. The third kappa shape index (κ3) is 3.17. The van der Waals surface area contributed by atoms with Crippen LogP contribution < -0.4 is 5.32 Å². The third-order valence-electron chi connectivity index (χ3n) is 2.74. The van der Waals surface area contributed by atoms with Crippen LogP contribution in [0.3, 0.4) is 0 Å². The molecule has 0 bridgehead atoms. The predicted octanol–water partition coefficient (Wildman–Crippen LogP) is 3.03. The maximum atomic E-state index is 4.15. The van der Waals surface area contributed by atoms with E-state index in [1.807, 2.05) is 30.2 Å². The van der Waals surface area contributed by atoms with Crippen molar-refractivity contribution in [3.63, 3.8) is 0 Å². The topological polar surface area (TPSA) is 29.9 Å². The Balaban J connectivity index is 1.98. The van der Waals surface area contributed by atoms with Crippen molar-refractivity contribution in [3.8, 4) is 0 Å². The molecule has 0 unspecified atom stereocenters. The highest BCUT2D eigenvalue weighted by Crippen LogP contribution is 2.22. The summed E-state index contributed by atoms with van der Waals surface area (Å²) in [6.07, 6.45) is 3.92. The molecule has 0 aliphatic carbocycles. The van der Waals surface area contributed by atoms with Gasteiger partial charge >= 0.3 is 0 Å². The minimum atomic E-state index is 0.311. The van der Waals surface area contributed by atoms with Gasteiger partial charge in [0, 0.05) is 35.9 Å². The Labute approximate surface area is 110 Å². The zero-order valence-electron chi connectivity index (χ0n) is 10.0. The van der Waals surface area contributed by atoms with Crippen LogP contribution in [-0.2, 0) is 13.6 Å². The largest absolute Gasteiger partial charge is 0.306 e. The van der Waals surface area contributed by atoms with Gasteiger partial charge in [0.15, 0.2) is 0 Å². The standard InChI is InChI=1S/C13H16BrN3/c1-10(12-5-3-4-6-13(12)14)15-7-11-8-16-17(2)9-11/h3-6,8-10,15H,7H2,1-2H3/t10-/m0/s1. The van der Waals surface area contributed by atoms with Gasteiger partial charge in [-0.2, -0.15) is 5.10 Å². The second-order valence-corrected chi connectivity index (χ2v) is 5.00. The highest BCUT2D eigenvalue weighted by atomic mass is 79.9. The molecule has 1 heterocycles. The Morgan fingerprint density at radius 2 is 2.18 bits per heavy atom. The molecule has 0 fully saturated rings. The van der Waals surface area contributed by atoms with E-state index < -0.39 is 0 Å². The van der Waals surface area contributed by atoms with E-state index in [1.165, 1.54) is 11.1 Å². The number of hydrogen-bond acceptors (Lipinski definition) is 2. The number of rotatable bonds is 4. The number of aromatic nitrogens is 2.